The molecule has 42 heavy (non-hydrogen) atoms. The molecule has 4 rings (SSSR count). The van der Waals surface area contributed by atoms with E-state index in [4.69, 9.17) is 14.6 Å². The summed E-state index contributed by atoms with van der Waals surface area (Å²) in [5.74, 6) is 0.467. The van der Waals surface area contributed by atoms with E-state index in [1.807, 2.05) is 72.8 Å². The summed E-state index contributed by atoms with van der Waals surface area (Å²) < 4.78 is 12.8. The van der Waals surface area contributed by atoms with Crippen LogP contribution in [-0.2, 0) is 32.2 Å². The van der Waals surface area contributed by atoms with Gasteiger partial charge in [-0.2, -0.15) is 11.8 Å². The van der Waals surface area contributed by atoms with Crippen LogP contribution in [0.15, 0.2) is 72.8 Å². The Morgan fingerprint density at radius 2 is 1.60 bits per heavy atom. The highest BCUT2D eigenvalue weighted by Gasteiger charge is 2.32. The first-order valence-electron chi connectivity index (χ1n) is 14.3. The predicted octanol–water partition coefficient (Wildman–Crippen LogP) is 5.38. The number of hydrogen-bond donors (Lipinski definition) is 4. The third-order valence-electron chi connectivity index (χ3n) is 7.19. The maximum Gasteiger partial charge on any atom is 0.303 e. The van der Waals surface area contributed by atoms with Gasteiger partial charge in [-0.3, -0.25) is 9.59 Å². The Balaban J connectivity index is 1.43. The lowest BCUT2D eigenvalue weighted by Crippen LogP contribution is -2.31. The molecule has 0 saturated carbocycles. The normalized spacial score (nSPS) is 18.5. The van der Waals surface area contributed by atoms with Crippen LogP contribution in [0.4, 0.5) is 0 Å². The zero-order valence-electron chi connectivity index (χ0n) is 23.6. The van der Waals surface area contributed by atoms with Crippen LogP contribution in [0, 0.1) is 0 Å². The Bertz CT molecular complexity index is 1280. The van der Waals surface area contributed by atoms with E-state index >= 15 is 0 Å². The zero-order valence-corrected chi connectivity index (χ0v) is 24.4. The number of carbonyl (C=O) groups excluding carboxylic acids is 1. The molecule has 3 atom stereocenters. The number of amides is 1. The fraction of sp³-hybridized carbons (Fsp3) is 0.394. The van der Waals surface area contributed by atoms with E-state index in [2.05, 4.69) is 5.32 Å². The van der Waals surface area contributed by atoms with Crippen molar-refractivity contribution in [2.24, 2.45) is 0 Å². The standard InChI is InChI=1S/C33H39NO7S/c35-17-18-42-22-28-19-30(25-11-9-23(21-36)10-12-25)41-33(40-28)26-15-13-24(14-16-26)29-6-2-1-5-27(29)20-34-31(37)7-3-4-8-32(38)39/h1-2,5-6,9-16,28,30,33,35-36H,3-4,7-8,17-22H2,(H,34,37)(H,38,39). The monoisotopic (exact) mass is 593 g/mol. The fourth-order valence-corrected chi connectivity index (χ4v) is 5.70. The second-order valence-corrected chi connectivity index (χ2v) is 11.5. The van der Waals surface area contributed by atoms with Crippen molar-refractivity contribution in [2.75, 3.05) is 18.1 Å². The molecule has 8 nitrogen and oxygen atoms in total. The molecule has 3 aromatic carbocycles. The molecule has 0 aromatic heterocycles. The maximum absolute atomic E-state index is 12.3. The number of carbonyl (C=O) groups is 2. The Morgan fingerprint density at radius 3 is 2.31 bits per heavy atom. The molecule has 1 heterocycles. The van der Waals surface area contributed by atoms with E-state index in [9.17, 15) is 19.8 Å². The van der Waals surface area contributed by atoms with E-state index in [1.165, 1.54) is 0 Å². The lowest BCUT2D eigenvalue weighted by Gasteiger charge is -2.36. The number of thioether (sulfide) groups is 1. The first kappa shape index (κ1) is 31.7. The second-order valence-electron chi connectivity index (χ2n) is 10.3. The molecule has 3 aromatic rings. The van der Waals surface area contributed by atoms with Crippen molar-refractivity contribution >= 4 is 23.6 Å². The molecule has 224 valence electrons. The highest BCUT2D eigenvalue weighted by molar-refractivity contribution is 7.99. The van der Waals surface area contributed by atoms with Crippen LogP contribution < -0.4 is 5.32 Å². The second kappa shape index (κ2) is 16.4. The Labute approximate surface area is 251 Å². The number of unbranched alkanes of at least 4 members (excludes halogenated alkanes) is 1. The van der Waals surface area contributed by atoms with Crippen LogP contribution in [-0.4, -0.2) is 51.4 Å². The molecule has 0 spiro atoms. The molecule has 1 aliphatic rings. The highest BCUT2D eigenvalue weighted by atomic mass is 32.2. The highest BCUT2D eigenvalue weighted by Crippen LogP contribution is 2.39. The van der Waals surface area contributed by atoms with Crippen molar-refractivity contribution in [3.05, 3.63) is 95.1 Å². The minimum Gasteiger partial charge on any atom is -0.481 e. The third-order valence-corrected chi connectivity index (χ3v) is 8.26. The van der Waals surface area contributed by atoms with Crippen molar-refractivity contribution in [2.45, 2.75) is 63.8 Å². The molecule has 1 amide bonds. The van der Waals surface area contributed by atoms with Crippen molar-refractivity contribution in [1.29, 1.82) is 0 Å². The number of nitrogens with one attached hydrogen (secondary N) is 1. The van der Waals surface area contributed by atoms with Gasteiger partial charge in [0, 0.05) is 42.9 Å². The van der Waals surface area contributed by atoms with E-state index in [-0.39, 0.29) is 37.7 Å². The molecule has 9 heteroatoms. The lowest BCUT2D eigenvalue weighted by molar-refractivity contribution is -0.245. The quantitative estimate of drug-likeness (QED) is 0.173. The van der Waals surface area contributed by atoms with Gasteiger partial charge >= 0.3 is 5.97 Å². The summed E-state index contributed by atoms with van der Waals surface area (Å²) in [7, 11) is 0. The smallest absolute Gasteiger partial charge is 0.303 e. The molecule has 0 radical (unpaired) electrons. The number of hydrogen-bond acceptors (Lipinski definition) is 7. The molecule has 0 aliphatic carbocycles. The van der Waals surface area contributed by atoms with E-state index in [0.717, 1.165) is 39.1 Å². The summed E-state index contributed by atoms with van der Waals surface area (Å²) in [6.07, 6.45) is 1.35. The summed E-state index contributed by atoms with van der Waals surface area (Å²) in [5, 5.41) is 30.3. The van der Waals surface area contributed by atoms with E-state index in [0.29, 0.717) is 38.0 Å². The summed E-state index contributed by atoms with van der Waals surface area (Å²) in [5.41, 5.74) is 5.80. The summed E-state index contributed by atoms with van der Waals surface area (Å²) in [4.78, 5) is 23.0. The Kier molecular flexibility index (Phi) is 12.4. The Morgan fingerprint density at radius 1 is 0.881 bits per heavy atom. The molecule has 1 saturated heterocycles. The predicted molar refractivity (Wildman–Crippen MR) is 163 cm³/mol. The van der Waals surface area contributed by atoms with Crippen LogP contribution >= 0.6 is 11.8 Å². The summed E-state index contributed by atoms with van der Waals surface area (Å²) in [6.45, 7) is 0.506. The molecule has 4 N–H and O–H groups in total. The molecular weight excluding hydrogens is 554 g/mol. The molecular formula is C33H39NO7S. The van der Waals surface area contributed by atoms with Crippen LogP contribution in [0.5, 0.6) is 0 Å². The number of aliphatic hydroxyl groups excluding tert-OH is 2. The van der Waals surface area contributed by atoms with Crippen molar-refractivity contribution < 1.29 is 34.4 Å². The topological polar surface area (TPSA) is 125 Å². The lowest BCUT2D eigenvalue weighted by atomic mass is 9.97. The van der Waals surface area contributed by atoms with Gasteiger partial charge in [-0.05, 0) is 40.7 Å². The van der Waals surface area contributed by atoms with Gasteiger partial charge in [0.2, 0.25) is 5.91 Å². The Hall–Kier alpha value is -3.21. The van der Waals surface area contributed by atoms with Crippen LogP contribution in [0.3, 0.4) is 0 Å². The number of aliphatic carboxylic acids is 1. The van der Waals surface area contributed by atoms with E-state index in [1.54, 1.807) is 11.8 Å². The number of aliphatic hydroxyl groups is 2. The first-order valence-corrected chi connectivity index (χ1v) is 15.5. The number of benzene rings is 3. The summed E-state index contributed by atoms with van der Waals surface area (Å²) in [6, 6.07) is 23.8. The first-order chi connectivity index (χ1) is 20.5. The van der Waals surface area contributed by atoms with Crippen LogP contribution in [0.25, 0.3) is 11.1 Å². The van der Waals surface area contributed by atoms with E-state index < -0.39 is 12.3 Å². The van der Waals surface area contributed by atoms with Crippen molar-refractivity contribution in [3.8, 4) is 11.1 Å². The largest absolute Gasteiger partial charge is 0.481 e. The van der Waals surface area contributed by atoms with Gasteiger partial charge in [0.25, 0.3) is 0 Å². The van der Waals surface area contributed by atoms with Gasteiger partial charge in [-0.1, -0.05) is 72.8 Å². The van der Waals surface area contributed by atoms with Gasteiger partial charge in [0.05, 0.1) is 25.4 Å². The average molecular weight is 594 g/mol. The van der Waals surface area contributed by atoms with Crippen LogP contribution in [0.1, 0.15) is 66.8 Å². The minimum atomic E-state index is -0.845. The number of carboxylic acid groups (broad SMARTS) is 1. The average Bonchev–Trinajstić information content (AvgIpc) is 3.02. The van der Waals surface area contributed by atoms with Crippen LogP contribution in [0.2, 0.25) is 0 Å². The van der Waals surface area contributed by atoms with Gasteiger partial charge in [0.1, 0.15) is 0 Å². The number of rotatable bonds is 15. The SMILES string of the molecule is O=C(O)CCCCC(=O)NCc1ccccc1-c1ccc(C2OC(CSCCO)CC(c3ccc(CO)cc3)O2)cc1. The van der Waals surface area contributed by atoms with Gasteiger partial charge in [-0.25, -0.2) is 0 Å². The molecule has 1 aliphatic heterocycles. The fourth-order valence-electron chi connectivity index (χ4n) is 4.92. The van der Waals surface area contributed by atoms with Crippen molar-refractivity contribution in [3.63, 3.8) is 0 Å². The van der Waals surface area contributed by atoms with Gasteiger partial charge in [0.15, 0.2) is 6.29 Å². The summed E-state index contributed by atoms with van der Waals surface area (Å²) >= 11 is 1.66. The maximum atomic E-state index is 12.3. The minimum absolute atomic E-state index is 0.00555. The van der Waals surface area contributed by atoms with Gasteiger partial charge in [-0.15, -0.1) is 0 Å². The van der Waals surface area contributed by atoms with Crippen molar-refractivity contribution in [1.82, 2.24) is 5.32 Å². The molecule has 3 unspecified atom stereocenters. The third kappa shape index (κ3) is 9.40. The number of ether oxygens (including phenoxy) is 2. The number of carboxylic acids is 1. The molecule has 1 fully saturated rings. The zero-order chi connectivity index (χ0) is 29.7. The van der Waals surface area contributed by atoms with Gasteiger partial charge < -0.3 is 30.1 Å². The molecule has 0 bridgehead atoms.